The van der Waals surface area contributed by atoms with Gasteiger partial charge in [-0.25, -0.2) is 0 Å². The van der Waals surface area contributed by atoms with Crippen molar-refractivity contribution in [2.75, 3.05) is 26.4 Å². The Morgan fingerprint density at radius 1 is 0.588 bits per heavy atom. The molecule has 0 aromatic heterocycles. The Balaban J connectivity index is 1.37. The number of benzene rings is 3. The highest BCUT2D eigenvalue weighted by Gasteiger charge is 2.16. The van der Waals surface area contributed by atoms with Crippen molar-refractivity contribution in [1.82, 2.24) is 19.6 Å². The zero-order valence-corrected chi connectivity index (χ0v) is 20.8. The highest BCUT2D eigenvalue weighted by Crippen LogP contribution is 2.30. The van der Waals surface area contributed by atoms with Gasteiger partial charge in [0.05, 0.1) is 13.3 Å². The fraction of sp³-hybridized carbons (Fsp3) is 0.400. The Morgan fingerprint density at radius 3 is 1.53 bits per heavy atom. The number of fused-ring (bicyclic) bond motifs is 2. The highest BCUT2D eigenvalue weighted by atomic mass is 15.3. The Hall–Kier alpha value is -3.14. The van der Waals surface area contributed by atoms with E-state index in [4.69, 9.17) is 0 Å². The predicted molar refractivity (Wildman–Crippen MR) is 144 cm³/mol. The summed E-state index contributed by atoms with van der Waals surface area (Å²) in [6.45, 7) is 10.7. The fourth-order valence-electron chi connectivity index (χ4n) is 5.15. The molecule has 0 radical (unpaired) electrons. The van der Waals surface area contributed by atoms with Crippen LogP contribution in [0.15, 0.2) is 73.3 Å². The minimum absolute atomic E-state index is 0.950. The molecule has 34 heavy (non-hydrogen) atoms. The molecular formula is C30H38N4. The fourth-order valence-corrected chi connectivity index (χ4v) is 5.15. The van der Waals surface area contributed by atoms with Gasteiger partial charge in [-0.3, -0.25) is 0 Å². The first kappa shape index (κ1) is 22.6. The molecule has 2 aliphatic heterocycles. The maximum atomic E-state index is 2.44. The van der Waals surface area contributed by atoms with E-state index in [-0.39, 0.29) is 0 Å². The van der Waals surface area contributed by atoms with Crippen LogP contribution in [0, 0.1) is 0 Å². The minimum atomic E-state index is 0.950. The van der Waals surface area contributed by atoms with E-state index in [0.717, 1.165) is 39.5 Å². The number of nitrogens with zero attached hydrogens (tertiary/aromatic N) is 4. The average molecular weight is 455 g/mol. The minimum Gasteiger partial charge on any atom is -0.359 e. The third-order valence-corrected chi connectivity index (χ3v) is 7.11. The van der Waals surface area contributed by atoms with Crippen LogP contribution in [-0.4, -0.2) is 46.0 Å². The molecule has 0 fully saturated rings. The zero-order valence-electron chi connectivity index (χ0n) is 20.8. The maximum Gasteiger partial charge on any atom is 0.0897 e. The van der Waals surface area contributed by atoms with Crippen LogP contribution in [0.1, 0.15) is 50.7 Å². The molecule has 4 nitrogen and oxygen atoms in total. The van der Waals surface area contributed by atoms with Crippen molar-refractivity contribution >= 4 is 21.5 Å². The number of rotatable bonds is 10. The van der Waals surface area contributed by atoms with E-state index in [1.807, 2.05) is 0 Å². The van der Waals surface area contributed by atoms with Gasteiger partial charge in [0.2, 0.25) is 0 Å². The predicted octanol–water partition coefficient (Wildman–Crippen LogP) is 6.69. The van der Waals surface area contributed by atoms with Crippen molar-refractivity contribution < 1.29 is 0 Å². The lowest BCUT2D eigenvalue weighted by atomic mass is 9.96. The molecule has 0 amide bonds. The van der Waals surface area contributed by atoms with E-state index in [0.29, 0.717) is 0 Å². The van der Waals surface area contributed by atoms with Gasteiger partial charge < -0.3 is 19.6 Å². The van der Waals surface area contributed by atoms with E-state index in [2.05, 4.69) is 107 Å². The number of hydrogen-bond donors (Lipinski definition) is 0. The molecule has 0 aliphatic carbocycles. The van der Waals surface area contributed by atoms with E-state index < -0.39 is 0 Å². The quantitative estimate of drug-likeness (QED) is 0.317. The summed E-state index contributed by atoms with van der Waals surface area (Å²) in [5, 5.41) is 5.42. The van der Waals surface area contributed by atoms with Gasteiger partial charge in [-0.05, 0) is 57.6 Å². The zero-order chi connectivity index (χ0) is 23.3. The van der Waals surface area contributed by atoms with Crippen molar-refractivity contribution in [3.63, 3.8) is 0 Å². The molecule has 0 spiro atoms. The van der Waals surface area contributed by atoms with Crippen LogP contribution in [-0.2, 0) is 13.1 Å². The Kier molecular flexibility index (Phi) is 6.94. The van der Waals surface area contributed by atoms with Gasteiger partial charge in [-0.1, -0.05) is 63.1 Å². The molecule has 2 heterocycles. The Labute approximate surface area is 204 Å². The second-order valence-electron chi connectivity index (χ2n) is 9.83. The molecule has 3 aromatic rings. The van der Waals surface area contributed by atoms with Crippen molar-refractivity contribution in [1.29, 1.82) is 0 Å². The van der Waals surface area contributed by atoms with Gasteiger partial charge in [0.1, 0.15) is 0 Å². The number of hydrogen-bond acceptors (Lipinski definition) is 4. The summed E-state index contributed by atoms with van der Waals surface area (Å²) in [7, 11) is 0. The second-order valence-corrected chi connectivity index (χ2v) is 9.83. The van der Waals surface area contributed by atoms with E-state index in [1.54, 1.807) is 0 Å². The van der Waals surface area contributed by atoms with E-state index in [1.165, 1.54) is 58.4 Å². The summed E-state index contributed by atoms with van der Waals surface area (Å²) in [6, 6.07) is 18.4. The van der Waals surface area contributed by atoms with Crippen molar-refractivity contribution in [3.8, 4) is 0 Å². The van der Waals surface area contributed by atoms with Crippen LogP contribution in [0.2, 0.25) is 0 Å². The first-order valence-corrected chi connectivity index (χ1v) is 13.0. The third kappa shape index (κ3) is 5.01. The molecule has 0 unspecified atom stereocenters. The van der Waals surface area contributed by atoms with Crippen molar-refractivity contribution in [3.05, 3.63) is 84.5 Å². The van der Waals surface area contributed by atoms with Gasteiger partial charge in [0.25, 0.3) is 0 Å². The first-order chi connectivity index (χ1) is 16.7. The Bertz CT molecular complexity index is 1090. The molecular weight excluding hydrogens is 416 g/mol. The molecule has 0 atom stereocenters. The normalized spacial score (nSPS) is 15.6. The monoisotopic (exact) mass is 454 g/mol. The lowest BCUT2D eigenvalue weighted by Gasteiger charge is -2.23. The van der Waals surface area contributed by atoms with Crippen LogP contribution in [0.3, 0.4) is 0 Å². The average Bonchev–Trinajstić information content (AvgIpc) is 3.50. The van der Waals surface area contributed by atoms with Crippen LogP contribution in [0.25, 0.3) is 21.5 Å². The third-order valence-electron chi connectivity index (χ3n) is 7.11. The Morgan fingerprint density at radius 2 is 1.06 bits per heavy atom. The largest absolute Gasteiger partial charge is 0.359 e. The lowest BCUT2D eigenvalue weighted by molar-refractivity contribution is 0.258. The van der Waals surface area contributed by atoms with Gasteiger partial charge in [-0.15, -0.1) is 0 Å². The highest BCUT2D eigenvalue weighted by molar-refractivity contribution is 6.01. The van der Waals surface area contributed by atoms with Crippen LogP contribution in [0.5, 0.6) is 0 Å². The summed E-state index contributed by atoms with van der Waals surface area (Å²) in [4.78, 5) is 9.71. The standard InChI is InChI=1S/C30H38N4/c1-3-5-13-31-15-17-33(23-31)21-27-11-7-9-25-19-26-10-8-12-28(30(26)20-29(25)27)22-34-18-16-32(24-34)14-6-4-2/h7-12,15-20H,3-6,13-14,21-24H2,1-2H3. The second kappa shape index (κ2) is 10.4. The van der Waals surface area contributed by atoms with Crippen LogP contribution in [0.4, 0.5) is 0 Å². The summed E-state index contributed by atoms with van der Waals surface area (Å²) >= 11 is 0. The van der Waals surface area contributed by atoms with Gasteiger partial charge in [-0.2, -0.15) is 0 Å². The van der Waals surface area contributed by atoms with Crippen molar-refractivity contribution in [2.45, 2.75) is 52.6 Å². The summed E-state index contributed by atoms with van der Waals surface area (Å²) < 4.78 is 0. The maximum absolute atomic E-state index is 2.44. The first-order valence-electron chi connectivity index (χ1n) is 13.0. The van der Waals surface area contributed by atoms with E-state index in [9.17, 15) is 0 Å². The molecule has 5 rings (SSSR count). The molecule has 0 N–H and O–H groups in total. The van der Waals surface area contributed by atoms with Gasteiger partial charge in [0, 0.05) is 51.0 Å². The van der Waals surface area contributed by atoms with E-state index >= 15 is 0 Å². The summed E-state index contributed by atoms with van der Waals surface area (Å²) in [5.41, 5.74) is 2.81. The van der Waals surface area contributed by atoms with Crippen LogP contribution < -0.4 is 0 Å². The summed E-state index contributed by atoms with van der Waals surface area (Å²) in [6.07, 6.45) is 14.0. The molecule has 0 bridgehead atoms. The van der Waals surface area contributed by atoms with Crippen molar-refractivity contribution in [2.24, 2.45) is 0 Å². The topological polar surface area (TPSA) is 13.0 Å². The molecule has 4 heteroatoms. The molecule has 178 valence electrons. The lowest BCUT2D eigenvalue weighted by Crippen LogP contribution is -2.25. The molecule has 3 aromatic carbocycles. The number of unbranched alkanes of at least 4 members (excludes halogenated alkanes) is 2. The molecule has 0 saturated carbocycles. The summed E-state index contributed by atoms with van der Waals surface area (Å²) in [5.74, 6) is 0. The van der Waals surface area contributed by atoms with Crippen LogP contribution >= 0.6 is 0 Å². The SMILES string of the molecule is CCCCN1C=CN(Cc2cccc3cc4cccc(CN5C=CN(CCCC)C5)c4cc23)C1. The van der Waals surface area contributed by atoms with Gasteiger partial charge >= 0.3 is 0 Å². The van der Waals surface area contributed by atoms with Gasteiger partial charge in [0.15, 0.2) is 0 Å². The molecule has 0 saturated heterocycles. The smallest absolute Gasteiger partial charge is 0.0897 e. The molecule has 2 aliphatic rings.